The van der Waals surface area contributed by atoms with Crippen LogP contribution in [0.15, 0.2) is 122 Å². The molecule has 338 valence electrons. The van der Waals surface area contributed by atoms with Crippen LogP contribution in [0.3, 0.4) is 0 Å². The van der Waals surface area contributed by atoms with E-state index in [1.165, 1.54) is 7.11 Å². The van der Waals surface area contributed by atoms with Gasteiger partial charge in [-0.25, -0.2) is 19.6 Å². The summed E-state index contributed by atoms with van der Waals surface area (Å²) in [6.07, 6.45) is 7.26. The first-order valence-electron chi connectivity index (χ1n) is 22.8. The Morgan fingerprint density at radius 3 is 1.79 bits per heavy atom. The van der Waals surface area contributed by atoms with Gasteiger partial charge >= 0.3 is 12.1 Å². The van der Waals surface area contributed by atoms with Gasteiger partial charge in [0.1, 0.15) is 23.9 Å². The lowest BCUT2D eigenvalue weighted by atomic mass is 10.0. The molecule has 6 unspecified atom stereocenters. The van der Waals surface area contributed by atoms with Gasteiger partial charge in [0.2, 0.25) is 0 Å². The highest BCUT2D eigenvalue weighted by Crippen LogP contribution is 2.37. The van der Waals surface area contributed by atoms with Crippen LogP contribution in [0.2, 0.25) is 0 Å². The summed E-state index contributed by atoms with van der Waals surface area (Å²) in [5.74, 6) is 7.82. The largest absolute Gasteiger partial charge is 0.453 e. The number of likely N-dealkylation sites (tertiary alicyclic amines) is 3. The zero-order valence-electron chi connectivity index (χ0n) is 37.2. The molecule has 0 saturated carbocycles. The van der Waals surface area contributed by atoms with Gasteiger partial charge in [-0.1, -0.05) is 96.8 Å². The molecule has 14 nitrogen and oxygen atoms in total. The number of aromatic amines is 2. The molecule has 0 spiro atoms. The predicted octanol–water partition coefficient (Wildman–Crippen LogP) is 8.02. The average molecular weight is 886 g/mol. The lowest BCUT2D eigenvalue weighted by Crippen LogP contribution is -2.50. The number of carbonyl (C=O) groups excluding carboxylic acids is 3. The number of aromatic nitrogens is 4. The minimum atomic E-state index is -0.951. The third kappa shape index (κ3) is 9.59. The third-order valence-electron chi connectivity index (χ3n) is 13.1. The zero-order valence-corrected chi connectivity index (χ0v) is 37.2. The Balaban J connectivity index is 0.830. The van der Waals surface area contributed by atoms with E-state index < -0.39 is 24.4 Å². The Morgan fingerprint density at radius 1 is 0.682 bits per heavy atom. The van der Waals surface area contributed by atoms with Crippen LogP contribution in [0.5, 0.6) is 0 Å². The summed E-state index contributed by atoms with van der Waals surface area (Å²) in [7, 11) is 1.28. The molecule has 0 bridgehead atoms. The molecule has 4 amide bonds. The number of hydrogen-bond acceptors (Lipinski definition) is 8. The lowest BCUT2D eigenvalue weighted by molar-refractivity contribution is -0.134. The number of aliphatic hydroxyl groups excluding tert-OH is 1. The molecule has 3 aliphatic heterocycles. The Kier molecular flexibility index (Phi) is 13.3. The average Bonchev–Trinajstić information content (AvgIpc) is 4.23. The van der Waals surface area contributed by atoms with E-state index in [1.54, 1.807) is 11.1 Å². The fraction of sp³-hybridized carbons (Fsp3) is 0.327. The van der Waals surface area contributed by atoms with E-state index in [-0.39, 0.29) is 30.1 Å². The molecule has 9 rings (SSSR count). The van der Waals surface area contributed by atoms with Crippen molar-refractivity contribution in [2.24, 2.45) is 0 Å². The van der Waals surface area contributed by atoms with Gasteiger partial charge in [-0.05, 0) is 92.0 Å². The Morgan fingerprint density at radius 2 is 1.21 bits per heavy atom. The van der Waals surface area contributed by atoms with E-state index in [4.69, 9.17) is 14.7 Å². The smallest absolute Gasteiger partial charge is 0.407 e. The monoisotopic (exact) mass is 885 g/mol. The molecule has 6 atom stereocenters. The third-order valence-corrected chi connectivity index (χ3v) is 13.1. The number of ether oxygens (including phenoxy) is 1. The first kappa shape index (κ1) is 44.0. The molecule has 3 saturated heterocycles. The van der Waals surface area contributed by atoms with Crippen molar-refractivity contribution in [3.63, 3.8) is 0 Å². The Labute approximate surface area is 384 Å². The summed E-state index contributed by atoms with van der Waals surface area (Å²) in [5.41, 5.74) is 6.89. The molecule has 0 radical (unpaired) electrons. The summed E-state index contributed by atoms with van der Waals surface area (Å²) in [6.45, 7) is 4.02. The van der Waals surface area contributed by atoms with Gasteiger partial charge in [-0.3, -0.25) is 9.69 Å². The number of benzene rings is 4. The highest BCUT2D eigenvalue weighted by Gasteiger charge is 2.40. The molecule has 66 heavy (non-hydrogen) atoms. The highest BCUT2D eigenvalue weighted by atomic mass is 16.5. The van der Waals surface area contributed by atoms with Gasteiger partial charge in [0.15, 0.2) is 0 Å². The molecule has 5 N–H and O–H groups in total. The molecule has 3 aliphatic rings. The maximum atomic E-state index is 13.9. The number of rotatable bonds is 11. The second-order valence-electron chi connectivity index (χ2n) is 17.3. The van der Waals surface area contributed by atoms with Crippen molar-refractivity contribution < 1.29 is 24.2 Å². The maximum Gasteiger partial charge on any atom is 0.407 e. The van der Waals surface area contributed by atoms with Crippen LogP contribution >= 0.6 is 0 Å². The van der Waals surface area contributed by atoms with E-state index >= 15 is 0 Å². The van der Waals surface area contributed by atoms with Gasteiger partial charge in [-0.15, -0.1) is 0 Å². The van der Waals surface area contributed by atoms with Crippen molar-refractivity contribution in [2.75, 3.05) is 26.7 Å². The van der Waals surface area contributed by atoms with Crippen LogP contribution in [0.1, 0.15) is 104 Å². The summed E-state index contributed by atoms with van der Waals surface area (Å²) in [5, 5.41) is 17.8. The number of aliphatic hydroxyl groups is 1. The SMILES string of the molecule is COC(=O)NC(C(=O)N1CCCC1c1ncc(-c2ccc(C#Cc3ccc(-c4cnc(C5CCCN5C(O)C(NC(=O)N5CCCC5C)c5ccccc5)[nH]4)cc3)cc2)[nH]1)c1ccccc1. The summed E-state index contributed by atoms with van der Waals surface area (Å²) in [4.78, 5) is 61.7. The Hall–Kier alpha value is -7.21. The van der Waals surface area contributed by atoms with Crippen LogP contribution in [-0.4, -0.2) is 96.8 Å². The second kappa shape index (κ2) is 19.9. The van der Waals surface area contributed by atoms with Crippen LogP contribution in [0.4, 0.5) is 9.59 Å². The van der Waals surface area contributed by atoms with Gasteiger partial charge in [0, 0.05) is 36.8 Å². The molecule has 2 aromatic heterocycles. The van der Waals surface area contributed by atoms with E-state index in [2.05, 4.69) is 44.3 Å². The number of H-pyrrole nitrogens is 2. The van der Waals surface area contributed by atoms with Gasteiger partial charge in [0.25, 0.3) is 5.91 Å². The quantitative estimate of drug-likeness (QED) is 0.0815. The topological polar surface area (TPSA) is 172 Å². The number of carbonyl (C=O) groups is 3. The van der Waals surface area contributed by atoms with E-state index in [0.717, 1.165) is 90.1 Å². The summed E-state index contributed by atoms with van der Waals surface area (Å²) >= 11 is 0. The first-order valence-corrected chi connectivity index (χ1v) is 22.8. The number of urea groups is 1. The molecule has 5 heterocycles. The van der Waals surface area contributed by atoms with Crippen molar-refractivity contribution in [3.05, 3.63) is 155 Å². The molecule has 4 aromatic carbocycles. The lowest BCUT2D eigenvalue weighted by Gasteiger charge is -2.35. The predicted molar refractivity (Wildman–Crippen MR) is 250 cm³/mol. The maximum absolute atomic E-state index is 13.9. The van der Waals surface area contributed by atoms with E-state index in [0.29, 0.717) is 24.5 Å². The minimum Gasteiger partial charge on any atom is -0.453 e. The van der Waals surface area contributed by atoms with Crippen molar-refractivity contribution in [3.8, 4) is 34.4 Å². The van der Waals surface area contributed by atoms with E-state index in [9.17, 15) is 19.5 Å². The van der Waals surface area contributed by atoms with Crippen LogP contribution in [-0.2, 0) is 9.53 Å². The van der Waals surface area contributed by atoms with Crippen molar-refractivity contribution in [1.82, 2.24) is 45.3 Å². The Bertz CT molecular complexity index is 2680. The minimum absolute atomic E-state index is 0.140. The van der Waals surface area contributed by atoms with Crippen LogP contribution in [0.25, 0.3) is 22.5 Å². The number of nitrogens with one attached hydrogen (secondary N) is 4. The first-order chi connectivity index (χ1) is 32.2. The van der Waals surface area contributed by atoms with Crippen molar-refractivity contribution in [2.45, 2.75) is 81.9 Å². The number of imidazole rings is 2. The van der Waals surface area contributed by atoms with Gasteiger partial charge in [0.05, 0.1) is 49.0 Å². The fourth-order valence-corrected chi connectivity index (χ4v) is 9.54. The zero-order chi connectivity index (χ0) is 45.6. The molecule has 0 aliphatic carbocycles. The fourth-order valence-electron chi connectivity index (χ4n) is 9.54. The molecular weight excluding hydrogens is 831 g/mol. The summed E-state index contributed by atoms with van der Waals surface area (Å²) in [6, 6.07) is 33.0. The number of amides is 4. The normalized spacial score (nSPS) is 19.7. The van der Waals surface area contributed by atoms with Crippen LogP contribution < -0.4 is 10.6 Å². The molecule has 14 heteroatoms. The van der Waals surface area contributed by atoms with Crippen molar-refractivity contribution >= 4 is 18.0 Å². The molecular formula is C52H55N9O5. The van der Waals surface area contributed by atoms with E-state index in [1.807, 2.05) is 120 Å². The number of nitrogens with zero attached hydrogens (tertiary/aromatic N) is 5. The molecule has 6 aromatic rings. The van der Waals surface area contributed by atoms with Crippen molar-refractivity contribution in [1.29, 1.82) is 0 Å². The second-order valence-corrected chi connectivity index (χ2v) is 17.3. The summed E-state index contributed by atoms with van der Waals surface area (Å²) < 4.78 is 4.83. The van der Waals surface area contributed by atoms with Gasteiger partial charge < -0.3 is 40.2 Å². The number of alkyl carbamates (subject to hydrolysis) is 1. The van der Waals surface area contributed by atoms with Crippen LogP contribution in [0, 0.1) is 11.8 Å². The highest BCUT2D eigenvalue weighted by molar-refractivity contribution is 5.87. The number of hydrogen-bond donors (Lipinski definition) is 5. The standard InChI is InChI=1S/C52H55N9O5/c1-34-12-9-29-59(34)51(64)57-45(39-13-5-3-6-14-39)49(62)60-30-10-17-43(60)47-53-32-41(55-47)37-25-21-35(22-26-37)19-20-36-23-27-38(28-24-36)42-33-54-48(56-42)44-18-11-31-61(44)50(63)46(58-52(65)66-2)40-15-7-4-8-16-40/h3-8,13-16,21-28,32-34,43-46,49,62H,9-12,17-18,29-31H2,1-2H3,(H,53,55)(H,54,56)(H,57,64)(H,58,65). The number of methoxy groups -OCH3 is 1. The van der Waals surface area contributed by atoms with Gasteiger partial charge in [-0.2, -0.15) is 0 Å². The molecule has 3 fully saturated rings.